The lowest BCUT2D eigenvalue weighted by molar-refractivity contribution is -0.159. The molecule has 13 heteroatoms. The summed E-state index contributed by atoms with van der Waals surface area (Å²) in [5, 5.41) is 8.38. The molecule has 0 aliphatic rings. The van der Waals surface area contributed by atoms with Crippen LogP contribution in [0, 0.1) is 0 Å². The van der Waals surface area contributed by atoms with Crippen molar-refractivity contribution in [2.75, 3.05) is 6.54 Å². The molecule has 2 aromatic heterocycles. The van der Waals surface area contributed by atoms with Crippen LogP contribution in [0.5, 0.6) is 0 Å². The monoisotopic (exact) mass is 473 g/mol. The van der Waals surface area contributed by atoms with Gasteiger partial charge in [0.25, 0.3) is 0 Å². The maximum atomic E-state index is 13.1. The average molecular weight is 473 g/mol. The molecule has 176 valence electrons. The highest BCUT2D eigenvalue weighted by Gasteiger charge is 2.38. The van der Waals surface area contributed by atoms with E-state index in [0.29, 0.717) is 12.2 Å². The second-order valence-corrected chi connectivity index (χ2v) is 6.84. The van der Waals surface area contributed by atoms with Gasteiger partial charge in [0.05, 0.1) is 11.6 Å². The zero-order chi connectivity index (χ0) is 24.2. The normalized spacial score (nSPS) is 12.9. The molecule has 0 spiro atoms. The number of benzene rings is 1. The van der Waals surface area contributed by atoms with E-state index in [9.17, 15) is 31.1 Å². The third-order valence-electron chi connectivity index (χ3n) is 4.42. The standard InChI is InChI=1S/C20H17F6N5O2/c1-2-27-18(32)29-15(11-4-3-5-13(8-11)19(21,22)23)9-14-7-6-12(10-28-14)16-30-17(33-31-16)20(24,25)26/h3-8,10,15H,2,9H2,1H3,(H2,27,29,32). The van der Waals surface area contributed by atoms with E-state index in [4.69, 9.17) is 0 Å². The molecule has 2 N–H and O–H groups in total. The molecular weight excluding hydrogens is 456 g/mol. The first kappa shape index (κ1) is 24.0. The van der Waals surface area contributed by atoms with Crippen molar-refractivity contribution in [2.24, 2.45) is 0 Å². The second-order valence-electron chi connectivity index (χ2n) is 6.84. The molecule has 1 aromatic carbocycles. The van der Waals surface area contributed by atoms with E-state index < -0.39 is 35.9 Å². The Morgan fingerprint density at radius 1 is 1.09 bits per heavy atom. The Balaban J connectivity index is 1.84. The molecule has 0 bridgehead atoms. The van der Waals surface area contributed by atoms with Crippen LogP contribution in [0.4, 0.5) is 31.1 Å². The van der Waals surface area contributed by atoms with Crippen molar-refractivity contribution in [3.05, 3.63) is 65.3 Å². The van der Waals surface area contributed by atoms with Gasteiger partial charge in [0.2, 0.25) is 5.82 Å². The number of hydrogen-bond acceptors (Lipinski definition) is 5. The fraction of sp³-hybridized carbons (Fsp3) is 0.300. The smallest absolute Gasteiger partial charge is 0.338 e. The predicted molar refractivity (Wildman–Crippen MR) is 103 cm³/mol. The minimum Gasteiger partial charge on any atom is -0.338 e. The van der Waals surface area contributed by atoms with Gasteiger partial charge in [-0.1, -0.05) is 17.3 Å². The fourth-order valence-corrected chi connectivity index (χ4v) is 2.90. The third kappa shape index (κ3) is 6.20. The van der Waals surface area contributed by atoms with Gasteiger partial charge in [-0.05, 0) is 36.8 Å². The number of nitrogens with one attached hydrogen (secondary N) is 2. The Hall–Kier alpha value is -3.64. The second kappa shape index (κ2) is 9.46. The molecule has 0 radical (unpaired) electrons. The number of alkyl halides is 6. The summed E-state index contributed by atoms with van der Waals surface area (Å²) in [5.74, 6) is -1.83. The number of carbonyl (C=O) groups is 1. The Morgan fingerprint density at radius 3 is 2.42 bits per heavy atom. The van der Waals surface area contributed by atoms with Crippen molar-refractivity contribution < 1.29 is 35.7 Å². The van der Waals surface area contributed by atoms with Crippen LogP contribution in [-0.4, -0.2) is 27.7 Å². The first-order valence-corrected chi connectivity index (χ1v) is 9.55. The van der Waals surface area contributed by atoms with Gasteiger partial charge in [-0.3, -0.25) is 4.98 Å². The molecule has 0 aliphatic carbocycles. The average Bonchev–Trinajstić information content (AvgIpc) is 3.24. The summed E-state index contributed by atoms with van der Waals surface area (Å²) in [4.78, 5) is 19.4. The summed E-state index contributed by atoms with van der Waals surface area (Å²) in [6.45, 7) is 1.99. The summed E-state index contributed by atoms with van der Waals surface area (Å²) in [7, 11) is 0. The SMILES string of the molecule is CCNC(=O)NC(Cc1ccc(-c2noc(C(F)(F)F)n2)cn1)c1cccc(C(F)(F)F)c1. The van der Waals surface area contributed by atoms with Gasteiger partial charge in [0.15, 0.2) is 0 Å². The molecule has 3 rings (SSSR count). The molecule has 1 atom stereocenters. The molecule has 0 saturated heterocycles. The van der Waals surface area contributed by atoms with Crippen molar-refractivity contribution in [3.63, 3.8) is 0 Å². The Bertz CT molecular complexity index is 1100. The summed E-state index contributed by atoms with van der Waals surface area (Å²) in [5.41, 5.74) is -0.165. The quantitative estimate of drug-likeness (QED) is 0.503. The van der Waals surface area contributed by atoms with Gasteiger partial charge < -0.3 is 15.2 Å². The van der Waals surface area contributed by atoms with Gasteiger partial charge >= 0.3 is 24.3 Å². The van der Waals surface area contributed by atoms with E-state index >= 15 is 0 Å². The first-order valence-electron chi connectivity index (χ1n) is 9.55. The van der Waals surface area contributed by atoms with Crippen LogP contribution < -0.4 is 10.6 Å². The van der Waals surface area contributed by atoms with Crippen LogP contribution in [0.3, 0.4) is 0 Å². The molecule has 1 unspecified atom stereocenters. The fourth-order valence-electron chi connectivity index (χ4n) is 2.90. The van der Waals surface area contributed by atoms with Crippen LogP contribution in [0.25, 0.3) is 11.4 Å². The van der Waals surface area contributed by atoms with Crippen LogP contribution in [0.2, 0.25) is 0 Å². The topological polar surface area (TPSA) is 92.9 Å². The Morgan fingerprint density at radius 2 is 1.85 bits per heavy atom. The van der Waals surface area contributed by atoms with E-state index in [-0.39, 0.29) is 23.4 Å². The van der Waals surface area contributed by atoms with Gasteiger partial charge in [-0.2, -0.15) is 31.3 Å². The number of halogens is 6. The van der Waals surface area contributed by atoms with Crippen LogP contribution in [0.1, 0.15) is 35.7 Å². The number of amides is 2. The number of aromatic nitrogens is 3. The van der Waals surface area contributed by atoms with Gasteiger partial charge in [-0.15, -0.1) is 0 Å². The lowest BCUT2D eigenvalue weighted by Crippen LogP contribution is -2.38. The van der Waals surface area contributed by atoms with Crippen LogP contribution in [-0.2, 0) is 18.8 Å². The number of urea groups is 1. The van der Waals surface area contributed by atoms with E-state index in [1.54, 1.807) is 6.92 Å². The molecule has 3 aromatic rings. The van der Waals surface area contributed by atoms with Crippen molar-refractivity contribution >= 4 is 6.03 Å². The lowest BCUT2D eigenvalue weighted by atomic mass is 9.99. The molecule has 2 amide bonds. The number of carbonyl (C=O) groups excluding carboxylic acids is 1. The molecule has 0 saturated carbocycles. The highest BCUT2D eigenvalue weighted by atomic mass is 19.4. The Kier molecular flexibility index (Phi) is 6.89. The summed E-state index contributed by atoms with van der Waals surface area (Å²) in [6, 6.07) is 5.92. The first-order chi connectivity index (χ1) is 15.5. The molecule has 7 nitrogen and oxygen atoms in total. The number of rotatable bonds is 6. The summed E-state index contributed by atoms with van der Waals surface area (Å²) in [6.07, 6.45) is -8.14. The Labute approximate surface area is 183 Å². The van der Waals surface area contributed by atoms with Crippen molar-refractivity contribution in [1.82, 2.24) is 25.8 Å². The molecular formula is C20H17F6N5O2. The maximum Gasteiger partial charge on any atom is 0.471 e. The lowest BCUT2D eigenvalue weighted by Gasteiger charge is -2.20. The zero-order valence-electron chi connectivity index (χ0n) is 17.0. The highest BCUT2D eigenvalue weighted by molar-refractivity contribution is 5.74. The van der Waals surface area contributed by atoms with Crippen LogP contribution in [0.15, 0.2) is 47.1 Å². The van der Waals surface area contributed by atoms with Crippen LogP contribution >= 0.6 is 0 Å². The van der Waals surface area contributed by atoms with E-state index in [2.05, 4.69) is 30.3 Å². The highest BCUT2D eigenvalue weighted by Crippen LogP contribution is 2.32. The van der Waals surface area contributed by atoms with Gasteiger partial charge in [0.1, 0.15) is 0 Å². The minimum absolute atomic E-state index is 0.0127. The maximum absolute atomic E-state index is 13.1. The number of pyridine rings is 1. The van der Waals surface area contributed by atoms with Crippen molar-refractivity contribution in [1.29, 1.82) is 0 Å². The largest absolute Gasteiger partial charge is 0.471 e. The van der Waals surface area contributed by atoms with E-state index in [1.807, 2.05) is 0 Å². The third-order valence-corrected chi connectivity index (χ3v) is 4.42. The zero-order valence-corrected chi connectivity index (χ0v) is 17.0. The summed E-state index contributed by atoms with van der Waals surface area (Å²) < 4.78 is 81.4. The van der Waals surface area contributed by atoms with Crippen molar-refractivity contribution in [2.45, 2.75) is 31.7 Å². The molecule has 33 heavy (non-hydrogen) atoms. The van der Waals surface area contributed by atoms with Gasteiger partial charge in [-0.25, -0.2) is 4.79 Å². The molecule has 2 heterocycles. The van der Waals surface area contributed by atoms with Gasteiger partial charge in [0, 0.05) is 30.4 Å². The number of hydrogen-bond donors (Lipinski definition) is 2. The minimum atomic E-state index is -4.79. The van der Waals surface area contributed by atoms with E-state index in [1.165, 1.54) is 30.5 Å². The summed E-state index contributed by atoms with van der Waals surface area (Å²) >= 11 is 0. The van der Waals surface area contributed by atoms with E-state index in [0.717, 1.165) is 12.1 Å². The van der Waals surface area contributed by atoms with Crippen molar-refractivity contribution in [3.8, 4) is 11.4 Å². The molecule has 0 aliphatic heterocycles. The molecule has 0 fully saturated rings. The predicted octanol–water partition coefficient (Wildman–Crippen LogP) is 4.77. The number of nitrogens with zero attached hydrogens (tertiary/aromatic N) is 3.